The Bertz CT molecular complexity index is 879. The molecule has 0 saturated heterocycles. The molecule has 0 aliphatic rings. The lowest BCUT2D eigenvalue weighted by molar-refractivity contribution is -0.210. The van der Waals surface area contributed by atoms with Gasteiger partial charge in [0.2, 0.25) is 0 Å². The third-order valence-electron chi connectivity index (χ3n) is 3.79. The molecule has 1 unspecified atom stereocenters. The van der Waals surface area contributed by atoms with E-state index in [1.807, 2.05) is 30.3 Å². The molecule has 0 aliphatic heterocycles. The maximum atomic E-state index is 12.5. The SMILES string of the molecule is OC(COc1ccccc1-c1cccc(Oc2ccccc2)c1)C(F)(F)F. The summed E-state index contributed by atoms with van der Waals surface area (Å²) in [5.41, 5.74) is 1.32. The summed E-state index contributed by atoms with van der Waals surface area (Å²) in [6.07, 6.45) is -7.27. The summed E-state index contributed by atoms with van der Waals surface area (Å²) in [5.74, 6) is 1.51. The first kappa shape index (κ1) is 18.8. The van der Waals surface area contributed by atoms with E-state index in [0.717, 1.165) is 5.56 Å². The minimum atomic E-state index is -4.72. The van der Waals surface area contributed by atoms with E-state index >= 15 is 0 Å². The summed E-state index contributed by atoms with van der Waals surface area (Å²) in [5, 5.41) is 9.15. The monoisotopic (exact) mass is 374 g/mol. The van der Waals surface area contributed by atoms with Crippen LogP contribution in [0.25, 0.3) is 11.1 Å². The van der Waals surface area contributed by atoms with Crippen LogP contribution in [0.5, 0.6) is 17.2 Å². The second-order valence-corrected chi connectivity index (χ2v) is 5.81. The summed E-state index contributed by atoms with van der Waals surface area (Å²) in [6, 6.07) is 23.1. The molecular formula is C21H17F3O3. The van der Waals surface area contributed by atoms with Crippen LogP contribution in [0.15, 0.2) is 78.9 Å². The van der Waals surface area contributed by atoms with Crippen molar-refractivity contribution in [1.29, 1.82) is 0 Å². The van der Waals surface area contributed by atoms with Crippen LogP contribution in [-0.2, 0) is 0 Å². The molecule has 3 aromatic carbocycles. The van der Waals surface area contributed by atoms with E-state index in [2.05, 4.69) is 0 Å². The van der Waals surface area contributed by atoms with Gasteiger partial charge in [-0.15, -0.1) is 0 Å². The molecule has 1 atom stereocenters. The smallest absolute Gasteiger partial charge is 0.417 e. The van der Waals surface area contributed by atoms with Crippen LogP contribution in [0.4, 0.5) is 13.2 Å². The lowest BCUT2D eigenvalue weighted by atomic mass is 10.0. The highest BCUT2D eigenvalue weighted by atomic mass is 19.4. The maximum Gasteiger partial charge on any atom is 0.417 e. The van der Waals surface area contributed by atoms with Crippen LogP contribution in [-0.4, -0.2) is 24.0 Å². The fourth-order valence-electron chi connectivity index (χ4n) is 2.45. The molecule has 0 amide bonds. The number of rotatable bonds is 6. The first-order chi connectivity index (χ1) is 12.9. The van der Waals surface area contributed by atoms with Gasteiger partial charge in [0.25, 0.3) is 0 Å². The molecule has 0 heterocycles. The van der Waals surface area contributed by atoms with E-state index in [0.29, 0.717) is 17.1 Å². The molecule has 0 radical (unpaired) electrons. The number of para-hydroxylation sites is 2. The van der Waals surface area contributed by atoms with Gasteiger partial charge in [-0.1, -0.05) is 48.5 Å². The zero-order chi connectivity index (χ0) is 19.3. The molecule has 6 heteroatoms. The predicted molar refractivity (Wildman–Crippen MR) is 96.0 cm³/mol. The van der Waals surface area contributed by atoms with Crippen molar-refractivity contribution in [2.45, 2.75) is 12.3 Å². The van der Waals surface area contributed by atoms with Crippen LogP contribution in [0.2, 0.25) is 0 Å². The van der Waals surface area contributed by atoms with Gasteiger partial charge < -0.3 is 14.6 Å². The van der Waals surface area contributed by atoms with Gasteiger partial charge in [0, 0.05) is 5.56 Å². The Kier molecular flexibility index (Phi) is 5.66. The van der Waals surface area contributed by atoms with Crippen LogP contribution < -0.4 is 9.47 Å². The predicted octanol–water partition coefficient (Wildman–Crippen LogP) is 5.45. The van der Waals surface area contributed by atoms with Crippen molar-refractivity contribution in [2.24, 2.45) is 0 Å². The van der Waals surface area contributed by atoms with Crippen LogP contribution in [0.1, 0.15) is 0 Å². The van der Waals surface area contributed by atoms with Gasteiger partial charge in [0.15, 0.2) is 6.10 Å². The number of aliphatic hydroxyl groups is 1. The number of aliphatic hydroxyl groups excluding tert-OH is 1. The van der Waals surface area contributed by atoms with E-state index in [1.54, 1.807) is 48.5 Å². The summed E-state index contributed by atoms with van der Waals surface area (Å²) < 4.78 is 48.5. The molecule has 0 aliphatic carbocycles. The highest BCUT2D eigenvalue weighted by Gasteiger charge is 2.38. The summed E-state index contributed by atoms with van der Waals surface area (Å²) >= 11 is 0. The Labute approximate surface area is 154 Å². The second kappa shape index (κ2) is 8.14. The van der Waals surface area contributed by atoms with Crippen molar-refractivity contribution in [3.63, 3.8) is 0 Å². The number of benzene rings is 3. The highest BCUT2D eigenvalue weighted by molar-refractivity contribution is 5.71. The topological polar surface area (TPSA) is 38.7 Å². The molecule has 0 saturated carbocycles. The van der Waals surface area contributed by atoms with Crippen LogP contribution >= 0.6 is 0 Å². The zero-order valence-electron chi connectivity index (χ0n) is 14.2. The molecule has 3 aromatic rings. The molecule has 0 fully saturated rings. The van der Waals surface area contributed by atoms with Crippen molar-refractivity contribution < 1.29 is 27.8 Å². The van der Waals surface area contributed by atoms with Gasteiger partial charge in [-0.3, -0.25) is 0 Å². The summed E-state index contributed by atoms with van der Waals surface area (Å²) in [6.45, 7) is -0.874. The van der Waals surface area contributed by atoms with Crippen LogP contribution in [0, 0.1) is 0 Å². The average molecular weight is 374 g/mol. The Morgan fingerprint density at radius 1 is 0.815 bits per heavy atom. The van der Waals surface area contributed by atoms with Gasteiger partial charge >= 0.3 is 6.18 Å². The van der Waals surface area contributed by atoms with Crippen molar-refractivity contribution in [3.05, 3.63) is 78.9 Å². The van der Waals surface area contributed by atoms with Gasteiger partial charge in [-0.25, -0.2) is 0 Å². The molecule has 1 N–H and O–H groups in total. The fraction of sp³-hybridized carbons (Fsp3) is 0.143. The van der Waals surface area contributed by atoms with Gasteiger partial charge in [0.05, 0.1) is 0 Å². The molecule has 0 bridgehead atoms. The van der Waals surface area contributed by atoms with E-state index in [1.165, 1.54) is 0 Å². The van der Waals surface area contributed by atoms with Gasteiger partial charge in [-0.05, 0) is 35.9 Å². The second-order valence-electron chi connectivity index (χ2n) is 5.81. The standard InChI is InChI=1S/C21H17F3O3/c22-21(23,24)20(25)14-26-19-12-5-4-11-18(19)15-7-6-10-17(13-15)27-16-8-2-1-3-9-16/h1-13,20,25H,14H2. The third-order valence-corrected chi connectivity index (χ3v) is 3.79. The Hall–Kier alpha value is -2.99. The molecule has 3 nitrogen and oxygen atoms in total. The summed E-state index contributed by atoms with van der Waals surface area (Å²) in [4.78, 5) is 0. The highest BCUT2D eigenvalue weighted by Crippen LogP contribution is 2.33. The summed E-state index contributed by atoms with van der Waals surface area (Å²) in [7, 11) is 0. The molecule has 0 spiro atoms. The molecule has 3 rings (SSSR count). The first-order valence-corrected chi connectivity index (χ1v) is 8.23. The van der Waals surface area contributed by atoms with E-state index in [9.17, 15) is 13.2 Å². The molecule has 140 valence electrons. The Morgan fingerprint density at radius 3 is 2.22 bits per heavy atom. The normalized spacial score (nSPS) is 12.4. The number of alkyl halides is 3. The van der Waals surface area contributed by atoms with Crippen LogP contribution in [0.3, 0.4) is 0 Å². The van der Waals surface area contributed by atoms with Crippen molar-refractivity contribution >= 4 is 0 Å². The zero-order valence-corrected chi connectivity index (χ0v) is 14.2. The quantitative estimate of drug-likeness (QED) is 0.624. The molecule has 0 aromatic heterocycles. The average Bonchev–Trinajstić information content (AvgIpc) is 2.66. The third kappa shape index (κ3) is 5.01. The van der Waals surface area contributed by atoms with Crippen molar-refractivity contribution in [3.8, 4) is 28.4 Å². The maximum absolute atomic E-state index is 12.5. The van der Waals surface area contributed by atoms with Crippen molar-refractivity contribution in [2.75, 3.05) is 6.61 Å². The first-order valence-electron chi connectivity index (χ1n) is 8.23. The fourth-order valence-corrected chi connectivity index (χ4v) is 2.45. The minimum absolute atomic E-state index is 0.248. The van der Waals surface area contributed by atoms with E-state index < -0.39 is 18.9 Å². The van der Waals surface area contributed by atoms with Crippen molar-refractivity contribution in [1.82, 2.24) is 0 Å². The lowest BCUT2D eigenvalue weighted by Gasteiger charge is -2.17. The number of ether oxygens (including phenoxy) is 2. The molecular weight excluding hydrogens is 357 g/mol. The minimum Gasteiger partial charge on any atom is -0.490 e. The Morgan fingerprint density at radius 2 is 1.48 bits per heavy atom. The van der Waals surface area contributed by atoms with E-state index in [-0.39, 0.29) is 5.75 Å². The van der Waals surface area contributed by atoms with E-state index in [4.69, 9.17) is 14.6 Å². The molecule has 27 heavy (non-hydrogen) atoms. The van der Waals surface area contributed by atoms with Gasteiger partial charge in [0.1, 0.15) is 23.9 Å². The number of hydrogen-bond donors (Lipinski definition) is 1. The number of hydrogen-bond acceptors (Lipinski definition) is 3. The van der Waals surface area contributed by atoms with Gasteiger partial charge in [-0.2, -0.15) is 13.2 Å². The largest absolute Gasteiger partial charge is 0.490 e. The lowest BCUT2D eigenvalue weighted by Crippen LogP contribution is -2.34. The Balaban J connectivity index is 1.81. The number of halogens is 3.